The molecule has 5 heteroatoms. The van der Waals surface area contributed by atoms with Crippen molar-refractivity contribution in [1.82, 2.24) is 0 Å². The van der Waals surface area contributed by atoms with Crippen molar-refractivity contribution in [1.29, 1.82) is 0 Å². The fraction of sp³-hybridized carbons (Fsp3) is 0.571. The maximum Gasteiger partial charge on any atom is 0.311 e. The Morgan fingerprint density at radius 1 is 1.37 bits per heavy atom. The number of halogens is 1. The SMILES string of the molecule is O=[N+]([O-])c1ccc(Cl)cc1OCC1CC2CCC1C2. The number of nitrogens with zero attached hydrogens (tertiary/aromatic N) is 1. The molecule has 2 aliphatic carbocycles. The van der Waals surface area contributed by atoms with Crippen molar-refractivity contribution in [2.75, 3.05) is 6.61 Å². The molecule has 102 valence electrons. The highest BCUT2D eigenvalue weighted by molar-refractivity contribution is 6.30. The van der Waals surface area contributed by atoms with Gasteiger partial charge in [0.2, 0.25) is 0 Å². The monoisotopic (exact) mass is 281 g/mol. The van der Waals surface area contributed by atoms with Crippen LogP contribution in [0.3, 0.4) is 0 Å². The number of nitro benzene ring substituents is 1. The highest BCUT2D eigenvalue weighted by Crippen LogP contribution is 2.48. The van der Waals surface area contributed by atoms with Gasteiger partial charge in [-0.1, -0.05) is 18.0 Å². The van der Waals surface area contributed by atoms with Gasteiger partial charge in [0.25, 0.3) is 0 Å². The Morgan fingerprint density at radius 3 is 2.84 bits per heavy atom. The molecule has 3 unspecified atom stereocenters. The first-order valence-corrected chi connectivity index (χ1v) is 7.08. The Balaban J connectivity index is 1.69. The summed E-state index contributed by atoms with van der Waals surface area (Å²) in [5, 5.41) is 11.4. The summed E-state index contributed by atoms with van der Waals surface area (Å²) in [7, 11) is 0. The molecule has 0 heterocycles. The van der Waals surface area contributed by atoms with Crippen molar-refractivity contribution in [2.45, 2.75) is 25.7 Å². The molecule has 2 fully saturated rings. The van der Waals surface area contributed by atoms with Gasteiger partial charge >= 0.3 is 5.69 Å². The molecular weight excluding hydrogens is 266 g/mol. The molecule has 19 heavy (non-hydrogen) atoms. The Labute approximate surface area is 116 Å². The number of hydrogen-bond donors (Lipinski definition) is 0. The number of benzene rings is 1. The lowest BCUT2D eigenvalue weighted by Gasteiger charge is -2.21. The molecule has 0 saturated heterocycles. The second kappa shape index (κ2) is 5.00. The normalized spacial score (nSPS) is 28.6. The van der Waals surface area contributed by atoms with E-state index in [0.29, 0.717) is 23.3 Å². The molecule has 4 nitrogen and oxygen atoms in total. The molecule has 3 atom stereocenters. The minimum Gasteiger partial charge on any atom is -0.486 e. The van der Waals surface area contributed by atoms with Gasteiger partial charge in [-0.15, -0.1) is 0 Å². The van der Waals surface area contributed by atoms with Gasteiger partial charge in [-0.3, -0.25) is 10.1 Å². The van der Waals surface area contributed by atoms with E-state index in [2.05, 4.69) is 0 Å². The predicted molar refractivity (Wildman–Crippen MR) is 72.5 cm³/mol. The van der Waals surface area contributed by atoms with Crippen LogP contribution in [0.15, 0.2) is 18.2 Å². The zero-order chi connectivity index (χ0) is 13.4. The first kappa shape index (κ1) is 12.7. The van der Waals surface area contributed by atoms with E-state index < -0.39 is 4.92 Å². The molecule has 0 N–H and O–H groups in total. The molecule has 2 aliphatic rings. The number of rotatable bonds is 4. The maximum absolute atomic E-state index is 10.9. The van der Waals surface area contributed by atoms with Gasteiger partial charge in [-0.2, -0.15) is 0 Å². The van der Waals surface area contributed by atoms with E-state index >= 15 is 0 Å². The Morgan fingerprint density at radius 2 is 2.21 bits per heavy atom. The van der Waals surface area contributed by atoms with Crippen LogP contribution in [0.4, 0.5) is 5.69 Å². The fourth-order valence-corrected chi connectivity index (χ4v) is 3.69. The van der Waals surface area contributed by atoms with Crippen LogP contribution in [0.2, 0.25) is 5.02 Å². The Hall–Kier alpha value is -1.29. The summed E-state index contributed by atoms with van der Waals surface area (Å²) in [6.45, 7) is 0.572. The van der Waals surface area contributed by atoms with E-state index in [1.165, 1.54) is 43.9 Å². The van der Waals surface area contributed by atoms with E-state index in [1.807, 2.05) is 0 Å². The van der Waals surface area contributed by atoms with Crippen LogP contribution in [-0.4, -0.2) is 11.5 Å². The van der Waals surface area contributed by atoms with Crippen LogP contribution in [0.1, 0.15) is 25.7 Å². The van der Waals surface area contributed by atoms with E-state index in [9.17, 15) is 10.1 Å². The van der Waals surface area contributed by atoms with Crippen LogP contribution in [0.5, 0.6) is 5.75 Å². The summed E-state index contributed by atoms with van der Waals surface area (Å²) < 4.78 is 5.69. The third kappa shape index (κ3) is 2.54. The van der Waals surface area contributed by atoms with Crippen LogP contribution in [0, 0.1) is 27.9 Å². The van der Waals surface area contributed by atoms with Crippen molar-refractivity contribution in [3.8, 4) is 5.75 Å². The summed E-state index contributed by atoms with van der Waals surface area (Å²) in [6, 6.07) is 4.45. The summed E-state index contributed by atoms with van der Waals surface area (Å²) in [5.41, 5.74) is -0.00689. The molecule has 0 aromatic heterocycles. The lowest BCUT2D eigenvalue weighted by atomic mass is 9.89. The van der Waals surface area contributed by atoms with Gasteiger partial charge in [-0.25, -0.2) is 0 Å². The van der Waals surface area contributed by atoms with E-state index in [0.717, 1.165) is 11.8 Å². The largest absolute Gasteiger partial charge is 0.486 e. The highest BCUT2D eigenvalue weighted by atomic mass is 35.5. The fourth-order valence-electron chi connectivity index (χ4n) is 3.53. The molecule has 2 bridgehead atoms. The van der Waals surface area contributed by atoms with Crippen LogP contribution < -0.4 is 4.74 Å². The minimum atomic E-state index is -0.424. The average Bonchev–Trinajstić information content (AvgIpc) is 2.98. The second-order valence-electron chi connectivity index (χ2n) is 5.62. The summed E-state index contributed by atoms with van der Waals surface area (Å²) >= 11 is 5.88. The van der Waals surface area contributed by atoms with Crippen molar-refractivity contribution in [3.05, 3.63) is 33.3 Å². The van der Waals surface area contributed by atoms with E-state index in [4.69, 9.17) is 16.3 Å². The summed E-state index contributed by atoms with van der Waals surface area (Å²) in [6.07, 6.45) is 5.15. The lowest BCUT2D eigenvalue weighted by Crippen LogP contribution is -2.18. The number of ether oxygens (including phenoxy) is 1. The third-order valence-electron chi connectivity index (χ3n) is 4.46. The molecule has 0 radical (unpaired) electrons. The number of nitro groups is 1. The predicted octanol–water partition coefficient (Wildman–Crippen LogP) is 4.06. The van der Waals surface area contributed by atoms with Gasteiger partial charge in [-0.05, 0) is 43.1 Å². The third-order valence-corrected chi connectivity index (χ3v) is 4.69. The highest BCUT2D eigenvalue weighted by Gasteiger charge is 2.39. The summed E-state index contributed by atoms with van der Waals surface area (Å²) in [5.74, 6) is 2.45. The molecule has 3 rings (SSSR count). The van der Waals surface area contributed by atoms with Gasteiger partial charge in [0, 0.05) is 17.2 Å². The zero-order valence-corrected chi connectivity index (χ0v) is 11.3. The maximum atomic E-state index is 10.9. The van der Waals surface area contributed by atoms with Gasteiger partial charge in [0.1, 0.15) is 0 Å². The lowest BCUT2D eigenvalue weighted by molar-refractivity contribution is -0.385. The minimum absolute atomic E-state index is 0.00689. The molecular formula is C14H16ClNO3. The average molecular weight is 282 g/mol. The quantitative estimate of drug-likeness (QED) is 0.617. The number of fused-ring (bicyclic) bond motifs is 2. The van der Waals surface area contributed by atoms with Crippen LogP contribution in [0.25, 0.3) is 0 Å². The van der Waals surface area contributed by atoms with E-state index in [-0.39, 0.29) is 5.69 Å². The van der Waals surface area contributed by atoms with Crippen molar-refractivity contribution < 1.29 is 9.66 Å². The summed E-state index contributed by atoms with van der Waals surface area (Å²) in [4.78, 5) is 10.5. The second-order valence-corrected chi connectivity index (χ2v) is 6.05. The zero-order valence-electron chi connectivity index (χ0n) is 10.5. The molecule has 2 saturated carbocycles. The first-order valence-electron chi connectivity index (χ1n) is 6.70. The van der Waals surface area contributed by atoms with Crippen molar-refractivity contribution >= 4 is 17.3 Å². The van der Waals surface area contributed by atoms with Crippen LogP contribution >= 0.6 is 11.6 Å². The molecule has 1 aromatic carbocycles. The topological polar surface area (TPSA) is 52.4 Å². The molecule has 0 amide bonds. The van der Waals surface area contributed by atoms with Gasteiger partial charge < -0.3 is 4.74 Å². The van der Waals surface area contributed by atoms with Gasteiger partial charge in [0.15, 0.2) is 5.75 Å². The number of hydrogen-bond acceptors (Lipinski definition) is 3. The Kier molecular flexibility index (Phi) is 3.35. The van der Waals surface area contributed by atoms with E-state index in [1.54, 1.807) is 0 Å². The standard InChI is InChI=1S/C14H16ClNO3/c15-12-3-4-13(16(17)18)14(7-12)19-8-11-6-9-1-2-10(11)5-9/h3-4,7,9-11H,1-2,5-6,8H2. The van der Waals surface area contributed by atoms with Crippen molar-refractivity contribution in [3.63, 3.8) is 0 Å². The van der Waals surface area contributed by atoms with Gasteiger partial charge in [0.05, 0.1) is 11.5 Å². The Bertz CT molecular complexity index is 505. The van der Waals surface area contributed by atoms with Crippen LogP contribution in [-0.2, 0) is 0 Å². The molecule has 0 aliphatic heterocycles. The first-order chi connectivity index (χ1) is 9.13. The van der Waals surface area contributed by atoms with Crippen molar-refractivity contribution in [2.24, 2.45) is 17.8 Å². The smallest absolute Gasteiger partial charge is 0.311 e. The molecule has 1 aromatic rings. The molecule has 0 spiro atoms.